The Hall–Kier alpha value is -1.77. The summed E-state index contributed by atoms with van der Waals surface area (Å²) >= 11 is 0. The molecule has 3 rings (SSSR count). The number of halogens is 1. The first-order chi connectivity index (χ1) is 7.34. The van der Waals surface area contributed by atoms with Crippen LogP contribution in [-0.2, 0) is 0 Å². The third-order valence-electron chi connectivity index (χ3n) is 2.68. The van der Waals surface area contributed by atoms with Gasteiger partial charge in [0.15, 0.2) is 0 Å². The van der Waals surface area contributed by atoms with E-state index in [1.165, 1.54) is 12.1 Å². The van der Waals surface area contributed by atoms with Gasteiger partial charge in [-0.25, -0.2) is 4.39 Å². The molecule has 1 aliphatic rings. The van der Waals surface area contributed by atoms with E-state index in [-0.39, 0.29) is 5.82 Å². The highest BCUT2D eigenvalue weighted by atomic mass is 19.1. The molecule has 1 aromatic heterocycles. The van der Waals surface area contributed by atoms with Crippen molar-refractivity contribution >= 4 is 16.5 Å². The molecule has 3 heteroatoms. The molecule has 1 N–H and O–H groups in total. The number of rotatable bonds is 1. The molecule has 2 aromatic rings. The summed E-state index contributed by atoms with van der Waals surface area (Å²) in [5, 5.41) is 3.94. The van der Waals surface area contributed by atoms with Gasteiger partial charge in [0, 0.05) is 23.7 Å². The van der Waals surface area contributed by atoms with Crippen molar-refractivity contribution in [2.45, 2.75) is 6.42 Å². The first-order valence-corrected chi connectivity index (χ1v) is 4.94. The molecule has 0 amide bonds. The van der Waals surface area contributed by atoms with Crippen molar-refractivity contribution in [1.29, 1.82) is 0 Å². The zero-order valence-corrected chi connectivity index (χ0v) is 8.09. The van der Waals surface area contributed by atoms with Gasteiger partial charge in [0.25, 0.3) is 0 Å². The van der Waals surface area contributed by atoms with Crippen LogP contribution in [0.4, 0.5) is 4.39 Å². The van der Waals surface area contributed by atoms with Crippen LogP contribution >= 0.6 is 0 Å². The minimum absolute atomic E-state index is 0.216. The molecule has 76 valence electrons. The van der Waals surface area contributed by atoms with Crippen molar-refractivity contribution in [3.05, 3.63) is 42.0 Å². The van der Waals surface area contributed by atoms with E-state index in [0.717, 1.165) is 35.1 Å². The van der Waals surface area contributed by atoms with Gasteiger partial charge < -0.3 is 9.73 Å². The molecular weight excluding hydrogens is 193 g/mol. The maximum atomic E-state index is 13.3. The highest BCUT2D eigenvalue weighted by Gasteiger charge is 2.13. The Labute approximate surface area is 86.4 Å². The van der Waals surface area contributed by atoms with Crippen LogP contribution in [0.3, 0.4) is 0 Å². The summed E-state index contributed by atoms with van der Waals surface area (Å²) < 4.78 is 18.7. The van der Waals surface area contributed by atoms with E-state index in [1.54, 1.807) is 12.3 Å². The Balaban J connectivity index is 2.27. The van der Waals surface area contributed by atoms with Crippen LogP contribution in [0, 0.1) is 5.82 Å². The van der Waals surface area contributed by atoms with Crippen LogP contribution in [0.15, 0.2) is 35.1 Å². The lowest BCUT2D eigenvalue weighted by Crippen LogP contribution is -1.96. The summed E-state index contributed by atoms with van der Waals surface area (Å²) in [6, 6.07) is 4.81. The minimum Gasteiger partial charge on any atom is -0.464 e. The van der Waals surface area contributed by atoms with Crippen molar-refractivity contribution in [1.82, 2.24) is 5.32 Å². The molecule has 0 aliphatic carbocycles. The van der Waals surface area contributed by atoms with Gasteiger partial charge >= 0.3 is 0 Å². The van der Waals surface area contributed by atoms with Gasteiger partial charge in [-0.2, -0.15) is 0 Å². The Morgan fingerprint density at radius 1 is 1.33 bits per heavy atom. The number of hydrogen-bond donors (Lipinski definition) is 1. The van der Waals surface area contributed by atoms with Crippen molar-refractivity contribution in [3.8, 4) is 0 Å². The van der Waals surface area contributed by atoms with E-state index in [4.69, 9.17) is 4.42 Å². The van der Waals surface area contributed by atoms with Gasteiger partial charge in [-0.1, -0.05) is 0 Å². The van der Waals surface area contributed by atoms with Crippen molar-refractivity contribution < 1.29 is 8.81 Å². The summed E-state index contributed by atoms with van der Waals surface area (Å²) in [5.41, 5.74) is 2.74. The lowest BCUT2D eigenvalue weighted by molar-refractivity contribution is 0.608. The van der Waals surface area contributed by atoms with E-state index >= 15 is 0 Å². The number of nitrogens with one attached hydrogen (secondary N) is 1. The molecule has 0 saturated carbocycles. The highest BCUT2D eigenvalue weighted by Crippen LogP contribution is 2.30. The van der Waals surface area contributed by atoms with Crippen LogP contribution in [0.2, 0.25) is 0 Å². The second-order valence-corrected chi connectivity index (χ2v) is 3.67. The third kappa shape index (κ3) is 1.31. The monoisotopic (exact) mass is 203 g/mol. The molecule has 0 radical (unpaired) electrons. The van der Waals surface area contributed by atoms with Crippen molar-refractivity contribution in [3.63, 3.8) is 0 Å². The average Bonchev–Trinajstić information content (AvgIpc) is 2.86. The van der Waals surface area contributed by atoms with Crippen molar-refractivity contribution in [2.75, 3.05) is 6.54 Å². The molecule has 1 aliphatic heterocycles. The SMILES string of the molecule is Fc1cc(C2=CNCC2)c2occc2c1. The molecule has 0 saturated heterocycles. The maximum Gasteiger partial charge on any atom is 0.141 e. The zero-order chi connectivity index (χ0) is 10.3. The molecular formula is C12H10FNO. The summed E-state index contributed by atoms with van der Waals surface area (Å²) in [5.74, 6) is -0.216. The lowest BCUT2D eigenvalue weighted by Gasteiger charge is -2.02. The molecule has 0 bridgehead atoms. The van der Waals surface area contributed by atoms with Crippen LogP contribution in [0.5, 0.6) is 0 Å². The number of fused-ring (bicyclic) bond motifs is 1. The van der Waals surface area contributed by atoms with E-state index in [1.807, 2.05) is 6.20 Å². The zero-order valence-electron chi connectivity index (χ0n) is 8.09. The normalized spacial score (nSPS) is 15.4. The lowest BCUT2D eigenvalue weighted by atomic mass is 10.0. The standard InChI is InChI=1S/C12H10FNO/c13-10-5-8-2-4-15-12(8)11(6-10)9-1-3-14-7-9/h2,4-7,14H,1,3H2. The molecule has 15 heavy (non-hydrogen) atoms. The Morgan fingerprint density at radius 2 is 2.27 bits per heavy atom. The van der Waals surface area contributed by atoms with Gasteiger partial charge in [0.1, 0.15) is 11.4 Å². The van der Waals surface area contributed by atoms with Gasteiger partial charge in [-0.3, -0.25) is 0 Å². The Morgan fingerprint density at radius 3 is 3.07 bits per heavy atom. The number of benzene rings is 1. The molecule has 2 nitrogen and oxygen atoms in total. The van der Waals surface area contributed by atoms with Gasteiger partial charge in [0.05, 0.1) is 6.26 Å². The Kier molecular flexibility index (Phi) is 1.78. The first-order valence-electron chi connectivity index (χ1n) is 4.94. The van der Waals surface area contributed by atoms with Gasteiger partial charge in [0.2, 0.25) is 0 Å². The van der Waals surface area contributed by atoms with Gasteiger partial charge in [-0.15, -0.1) is 0 Å². The van der Waals surface area contributed by atoms with E-state index < -0.39 is 0 Å². The summed E-state index contributed by atoms with van der Waals surface area (Å²) in [6.45, 7) is 0.911. The summed E-state index contributed by atoms with van der Waals surface area (Å²) in [7, 11) is 0. The fourth-order valence-corrected chi connectivity index (χ4v) is 1.97. The molecule has 0 unspecified atom stereocenters. The summed E-state index contributed by atoms with van der Waals surface area (Å²) in [6.07, 6.45) is 4.44. The second kappa shape index (κ2) is 3.12. The topological polar surface area (TPSA) is 25.2 Å². The number of hydrogen-bond acceptors (Lipinski definition) is 2. The third-order valence-corrected chi connectivity index (χ3v) is 2.68. The van der Waals surface area contributed by atoms with E-state index in [9.17, 15) is 4.39 Å². The molecule has 0 spiro atoms. The Bertz CT molecular complexity index is 542. The van der Waals surface area contributed by atoms with Crippen LogP contribution in [0.25, 0.3) is 16.5 Å². The van der Waals surface area contributed by atoms with Gasteiger partial charge in [-0.05, 0) is 30.2 Å². The molecule has 1 aromatic carbocycles. The molecule has 0 fully saturated rings. The largest absolute Gasteiger partial charge is 0.464 e. The quantitative estimate of drug-likeness (QED) is 0.770. The second-order valence-electron chi connectivity index (χ2n) is 3.67. The predicted molar refractivity (Wildman–Crippen MR) is 56.8 cm³/mol. The first kappa shape index (κ1) is 8.53. The molecule has 0 atom stereocenters. The highest BCUT2D eigenvalue weighted by molar-refractivity contribution is 5.90. The average molecular weight is 203 g/mol. The van der Waals surface area contributed by atoms with E-state index in [2.05, 4.69) is 5.32 Å². The maximum absolute atomic E-state index is 13.3. The fourth-order valence-electron chi connectivity index (χ4n) is 1.97. The van der Waals surface area contributed by atoms with E-state index in [0.29, 0.717) is 0 Å². The fraction of sp³-hybridized carbons (Fsp3) is 0.167. The van der Waals surface area contributed by atoms with Crippen LogP contribution in [0.1, 0.15) is 12.0 Å². The smallest absolute Gasteiger partial charge is 0.141 e. The van der Waals surface area contributed by atoms with Crippen molar-refractivity contribution in [2.24, 2.45) is 0 Å². The summed E-state index contributed by atoms with van der Waals surface area (Å²) in [4.78, 5) is 0. The van der Waals surface area contributed by atoms with Crippen LogP contribution in [-0.4, -0.2) is 6.54 Å². The molecule has 2 heterocycles. The number of furan rings is 1. The predicted octanol–water partition coefficient (Wildman–Crippen LogP) is 2.91. The minimum atomic E-state index is -0.216. The van der Waals surface area contributed by atoms with Crippen LogP contribution < -0.4 is 5.32 Å².